The molecule has 0 aliphatic carbocycles. The molecule has 1 N–H and O–H groups in total. The number of hydrogen-bond acceptors (Lipinski definition) is 4. The van der Waals surface area contributed by atoms with Gasteiger partial charge < -0.3 is 14.8 Å². The molecule has 0 aromatic heterocycles. The Morgan fingerprint density at radius 3 is 2.68 bits per heavy atom. The van der Waals surface area contributed by atoms with Crippen molar-refractivity contribution < 1.29 is 14.3 Å². The second-order valence-electron chi connectivity index (χ2n) is 4.63. The van der Waals surface area contributed by atoms with E-state index in [1.807, 2.05) is 38.1 Å². The van der Waals surface area contributed by atoms with Crippen molar-refractivity contribution in [3.8, 4) is 5.75 Å². The molecule has 0 bridgehead atoms. The summed E-state index contributed by atoms with van der Waals surface area (Å²) in [6.07, 6.45) is 0. The Morgan fingerprint density at radius 2 is 2.05 bits per heavy atom. The van der Waals surface area contributed by atoms with Gasteiger partial charge in [0.25, 0.3) is 0 Å². The van der Waals surface area contributed by atoms with Gasteiger partial charge in [0.15, 0.2) is 5.78 Å². The molecule has 104 valence electrons. The standard InChI is InChI=1S/C15H21NO3/c1-3-16-14-10-18-9-13(14)15(17)11-5-7-12(8-6-11)19-4-2/h5-8,13-14,16H,3-4,9-10H2,1-2H3. The van der Waals surface area contributed by atoms with Crippen molar-refractivity contribution in [3.63, 3.8) is 0 Å². The van der Waals surface area contributed by atoms with Crippen LogP contribution >= 0.6 is 0 Å². The molecular weight excluding hydrogens is 242 g/mol. The summed E-state index contributed by atoms with van der Waals surface area (Å²) < 4.78 is 10.8. The number of hydrogen-bond donors (Lipinski definition) is 1. The van der Waals surface area contributed by atoms with Crippen LogP contribution in [0, 0.1) is 5.92 Å². The fourth-order valence-corrected chi connectivity index (χ4v) is 2.37. The highest BCUT2D eigenvalue weighted by atomic mass is 16.5. The molecule has 0 amide bonds. The number of ketones is 1. The zero-order valence-electron chi connectivity index (χ0n) is 11.5. The molecule has 2 unspecified atom stereocenters. The Bertz CT molecular complexity index is 416. The normalized spacial score (nSPS) is 22.4. The molecule has 2 atom stereocenters. The maximum atomic E-state index is 12.4. The molecule has 2 rings (SSSR count). The molecule has 1 saturated heterocycles. The van der Waals surface area contributed by atoms with Gasteiger partial charge in [-0.2, -0.15) is 0 Å². The van der Waals surface area contributed by atoms with Gasteiger partial charge >= 0.3 is 0 Å². The molecule has 4 heteroatoms. The third kappa shape index (κ3) is 3.33. The van der Waals surface area contributed by atoms with Crippen LogP contribution in [0.1, 0.15) is 24.2 Å². The van der Waals surface area contributed by atoms with Crippen molar-refractivity contribution in [2.45, 2.75) is 19.9 Å². The average Bonchev–Trinajstić information content (AvgIpc) is 2.88. The smallest absolute Gasteiger partial charge is 0.169 e. The zero-order valence-corrected chi connectivity index (χ0v) is 11.5. The van der Waals surface area contributed by atoms with Gasteiger partial charge in [-0.25, -0.2) is 0 Å². The Hall–Kier alpha value is -1.39. The number of nitrogens with one attached hydrogen (secondary N) is 1. The second kappa shape index (κ2) is 6.68. The summed E-state index contributed by atoms with van der Waals surface area (Å²) >= 11 is 0. The summed E-state index contributed by atoms with van der Waals surface area (Å²) in [6.45, 7) is 6.57. The van der Waals surface area contributed by atoms with Gasteiger partial charge in [-0.1, -0.05) is 6.92 Å². The number of Topliss-reactive ketones (excluding diaryl/α,β-unsaturated/α-hetero) is 1. The van der Waals surface area contributed by atoms with E-state index in [1.54, 1.807) is 0 Å². The van der Waals surface area contributed by atoms with Crippen LogP contribution < -0.4 is 10.1 Å². The maximum Gasteiger partial charge on any atom is 0.169 e. The zero-order chi connectivity index (χ0) is 13.7. The lowest BCUT2D eigenvalue weighted by Gasteiger charge is -2.17. The molecule has 0 saturated carbocycles. The summed E-state index contributed by atoms with van der Waals surface area (Å²) in [5, 5.41) is 3.31. The first kappa shape index (κ1) is 14.0. The highest BCUT2D eigenvalue weighted by Gasteiger charge is 2.33. The fourth-order valence-electron chi connectivity index (χ4n) is 2.37. The summed E-state index contributed by atoms with van der Waals surface area (Å²) in [5.41, 5.74) is 0.724. The number of likely N-dealkylation sites (N-methyl/N-ethyl adjacent to an activating group) is 1. The summed E-state index contributed by atoms with van der Waals surface area (Å²) in [5.74, 6) is 0.856. The van der Waals surface area contributed by atoms with Gasteiger partial charge in [0.05, 0.1) is 25.7 Å². The number of rotatable bonds is 6. The van der Waals surface area contributed by atoms with E-state index in [2.05, 4.69) is 5.32 Å². The first-order chi connectivity index (χ1) is 9.26. The number of carbonyl (C=O) groups is 1. The third-order valence-corrected chi connectivity index (χ3v) is 3.33. The highest BCUT2D eigenvalue weighted by molar-refractivity contribution is 5.98. The van der Waals surface area contributed by atoms with Crippen molar-refractivity contribution in [2.75, 3.05) is 26.4 Å². The first-order valence-electron chi connectivity index (χ1n) is 6.84. The molecule has 1 aromatic carbocycles. The van der Waals surface area contributed by atoms with E-state index in [1.165, 1.54) is 0 Å². The van der Waals surface area contributed by atoms with E-state index in [-0.39, 0.29) is 17.7 Å². The molecule has 0 spiro atoms. The fraction of sp³-hybridized carbons (Fsp3) is 0.533. The van der Waals surface area contributed by atoms with Gasteiger partial charge in [-0.3, -0.25) is 4.79 Å². The molecule has 1 aromatic rings. The molecule has 1 aliphatic rings. The van der Waals surface area contributed by atoms with E-state index in [9.17, 15) is 4.79 Å². The minimum atomic E-state index is -0.0853. The van der Waals surface area contributed by atoms with Gasteiger partial charge in [0.1, 0.15) is 5.75 Å². The molecule has 1 fully saturated rings. The maximum absolute atomic E-state index is 12.4. The van der Waals surface area contributed by atoms with Crippen LogP contribution in [0.2, 0.25) is 0 Å². The van der Waals surface area contributed by atoms with Crippen LogP contribution in [0.4, 0.5) is 0 Å². The van der Waals surface area contributed by atoms with Crippen molar-refractivity contribution >= 4 is 5.78 Å². The lowest BCUT2D eigenvalue weighted by atomic mass is 9.93. The Kier molecular flexibility index (Phi) is 4.93. The predicted molar refractivity (Wildman–Crippen MR) is 73.7 cm³/mol. The molecule has 1 aliphatic heterocycles. The van der Waals surface area contributed by atoms with Crippen molar-refractivity contribution in [1.82, 2.24) is 5.32 Å². The van der Waals surface area contributed by atoms with Gasteiger partial charge in [0, 0.05) is 11.6 Å². The second-order valence-corrected chi connectivity index (χ2v) is 4.63. The van der Waals surface area contributed by atoms with Crippen molar-refractivity contribution in [3.05, 3.63) is 29.8 Å². The topological polar surface area (TPSA) is 47.6 Å². The SMILES string of the molecule is CCNC1COCC1C(=O)c1ccc(OCC)cc1. The van der Waals surface area contributed by atoms with Crippen LogP contribution in [0.3, 0.4) is 0 Å². The van der Waals surface area contributed by atoms with Gasteiger partial charge in [0.2, 0.25) is 0 Å². The minimum absolute atomic E-state index is 0.0853. The van der Waals surface area contributed by atoms with Crippen LogP contribution in [0.5, 0.6) is 5.75 Å². The van der Waals surface area contributed by atoms with E-state index in [4.69, 9.17) is 9.47 Å². The lowest BCUT2D eigenvalue weighted by molar-refractivity contribution is 0.0891. The summed E-state index contributed by atoms with van der Waals surface area (Å²) in [7, 11) is 0. The first-order valence-corrected chi connectivity index (χ1v) is 6.84. The quantitative estimate of drug-likeness (QED) is 0.796. The van der Waals surface area contributed by atoms with Crippen LogP contribution in [0.25, 0.3) is 0 Å². The Labute approximate surface area is 114 Å². The van der Waals surface area contributed by atoms with Gasteiger partial charge in [-0.05, 0) is 37.7 Å². The van der Waals surface area contributed by atoms with E-state index >= 15 is 0 Å². The summed E-state index contributed by atoms with van der Waals surface area (Å²) in [4.78, 5) is 12.4. The average molecular weight is 263 g/mol. The van der Waals surface area contributed by atoms with E-state index < -0.39 is 0 Å². The van der Waals surface area contributed by atoms with Crippen LogP contribution in [-0.2, 0) is 4.74 Å². The molecule has 19 heavy (non-hydrogen) atoms. The Morgan fingerprint density at radius 1 is 1.32 bits per heavy atom. The summed E-state index contributed by atoms with van der Waals surface area (Å²) in [6, 6.07) is 7.47. The Balaban J connectivity index is 2.06. The monoisotopic (exact) mass is 263 g/mol. The predicted octanol–water partition coefficient (Wildman–Crippen LogP) is 1.89. The minimum Gasteiger partial charge on any atom is -0.494 e. The van der Waals surface area contributed by atoms with Crippen LogP contribution in [0.15, 0.2) is 24.3 Å². The molecule has 0 radical (unpaired) electrons. The van der Waals surface area contributed by atoms with E-state index in [0.717, 1.165) is 17.9 Å². The van der Waals surface area contributed by atoms with Crippen molar-refractivity contribution in [2.24, 2.45) is 5.92 Å². The van der Waals surface area contributed by atoms with Crippen LogP contribution in [-0.4, -0.2) is 38.2 Å². The molecular formula is C15H21NO3. The third-order valence-electron chi connectivity index (χ3n) is 3.33. The number of ether oxygens (including phenoxy) is 2. The largest absolute Gasteiger partial charge is 0.494 e. The van der Waals surface area contributed by atoms with Gasteiger partial charge in [-0.15, -0.1) is 0 Å². The highest BCUT2D eigenvalue weighted by Crippen LogP contribution is 2.21. The molecule has 1 heterocycles. The molecule has 4 nitrogen and oxygen atoms in total. The number of benzene rings is 1. The lowest BCUT2D eigenvalue weighted by Crippen LogP contribution is -2.39. The number of carbonyl (C=O) groups excluding carboxylic acids is 1. The van der Waals surface area contributed by atoms with Crippen molar-refractivity contribution in [1.29, 1.82) is 0 Å². The van der Waals surface area contributed by atoms with E-state index in [0.29, 0.717) is 19.8 Å².